The molecule has 0 spiro atoms. The number of nitrogens with zero attached hydrogens (tertiary/aromatic N) is 4. The number of halogens is 1. The second kappa shape index (κ2) is 8.50. The van der Waals surface area contributed by atoms with E-state index in [-0.39, 0.29) is 11.9 Å². The molecule has 32 heavy (non-hydrogen) atoms. The average Bonchev–Trinajstić information content (AvgIpc) is 3.22. The van der Waals surface area contributed by atoms with Gasteiger partial charge in [-0.15, -0.1) is 0 Å². The van der Waals surface area contributed by atoms with Crippen molar-refractivity contribution in [2.75, 3.05) is 33.6 Å². The van der Waals surface area contributed by atoms with Crippen LogP contribution in [-0.2, 0) is 0 Å². The molecule has 3 aromatic heterocycles. The van der Waals surface area contributed by atoms with Crippen LogP contribution in [0, 0.1) is 5.95 Å². The Morgan fingerprint density at radius 3 is 2.62 bits per heavy atom. The average molecular weight is 436 g/mol. The Labute approximate surface area is 183 Å². The van der Waals surface area contributed by atoms with Crippen LogP contribution in [0.3, 0.4) is 0 Å². The number of H-pyrrole nitrogens is 1. The molecule has 0 bridgehead atoms. The van der Waals surface area contributed by atoms with Gasteiger partial charge in [0.2, 0.25) is 17.8 Å². The van der Waals surface area contributed by atoms with E-state index in [1.54, 1.807) is 44.6 Å². The number of hydrogen-bond acceptors (Lipinski definition) is 7. The number of benzene rings is 1. The van der Waals surface area contributed by atoms with E-state index in [9.17, 15) is 9.18 Å². The number of nitrogens with one attached hydrogen (secondary N) is 2. The molecule has 164 valence electrons. The number of aromatic amines is 1. The van der Waals surface area contributed by atoms with E-state index in [0.717, 1.165) is 0 Å². The molecule has 4 rings (SSSR count). The summed E-state index contributed by atoms with van der Waals surface area (Å²) in [4.78, 5) is 29.3. The fourth-order valence-electron chi connectivity index (χ4n) is 3.31. The molecule has 1 aromatic carbocycles. The van der Waals surface area contributed by atoms with Gasteiger partial charge in [0.15, 0.2) is 0 Å². The van der Waals surface area contributed by atoms with Crippen LogP contribution in [0.25, 0.3) is 22.2 Å². The number of amides is 1. The van der Waals surface area contributed by atoms with Crippen molar-refractivity contribution in [3.63, 3.8) is 0 Å². The number of ether oxygens (including phenoxy) is 2. The first-order chi connectivity index (χ1) is 15.4. The third-order valence-electron chi connectivity index (χ3n) is 4.83. The standard InChI is InChI=1S/C22H21FN6O3/c1-29(2)21(30)13-5-6-15(16(9-13)31-3)26-22-27-19-18(20(28-22)32-4)14(11-25-19)12-7-8-24-17(23)10-12/h5-11H,1-4H3,(H2,25,26,27,28). The van der Waals surface area contributed by atoms with Gasteiger partial charge in [0, 0.05) is 43.7 Å². The quantitative estimate of drug-likeness (QED) is 0.445. The minimum absolute atomic E-state index is 0.138. The molecule has 4 aromatic rings. The number of carbonyl (C=O) groups is 1. The van der Waals surface area contributed by atoms with Gasteiger partial charge in [-0.3, -0.25) is 4.79 Å². The lowest BCUT2D eigenvalue weighted by molar-refractivity contribution is 0.0827. The van der Waals surface area contributed by atoms with Gasteiger partial charge in [-0.2, -0.15) is 14.4 Å². The molecule has 9 nitrogen and oxygen atoms in total. The summed E-state index contributed by atoms with van der Waals surface area (Å²) >= 11 is 0. The number of pyridine rings is 1. The summed E-state index contributed by atoms with van der Waals surface area (Å²) in [5, 5.41) is 3.72. The highest BCUT2D eigenvalue weighted by atomic mass is 19.1. The fourth-order valence-corrected chi connectivity index (χ4v) is 3.31. The number of fused-ring (bicyclic) bond motifs is 1. The van der Waals surface area contributed by atoms with Crippen molar-refractivity contribution in [3.05, 3.63) is 54.2 Å². The maximum atomic E-state index is 13.6. The molecule has 0 unspecified atom stereocenters. The predicted molar refractivity (Wildman–Crippen MR) is 118 cm³/mol. The van der Waals surface area contributed by atoms with E-state index in [1.807, 2.05) is 0 Å². The second-order valence-electron chi connectivity index (χ2n) is 7.09. The zero-order valence-corrected chi connectivity index (χ0v) is 17.9. The molecular formula is C22H21FN6O3. The Bertz CT molecular complexity index is 1300. The zero-order chi connectivity index (χ0) is 22.8. The number of aromatic nitrogens is 4. The lowest BCUT2D eigenvalue weighted by atomic mass is 10.1. The topological polar surface area (TPSA) is 105 Å². The maximum Gasteiger partial charge on any atom is 0.253 e. The fraction of sp³-hybridized carbons (Fsp3) is 0.182. The van der Waals surface area contributed by atoms with Crippen molar-refractivity contribution >= 4 is 28.6 Å². The van der Waals surface area contributed by atoms with Crippen LogP contribution >= 0.6 is 0 Å². The summed E-state index contributed by atoms with van der Waals surface area (Å²) in [5.74, 6) is 0.303. The summed E-state index contributed by atoms with van der Waals surface area (Å²) in [7, 11) is 6.38. The molecule has 0 aliphatic rings. The summed E-state index contributed by atoms with van der Waals surface area (Å²) in [6.07, 6.45) is 3.10. The minimum atomic E-state index is -0.585. The number of hydrogen-bond donors (Lipinski definition) is 2. The van der Waals surface area contributed by atoms with Crippen molar-refractivity contribution in [1.82, 2.24) is 24.8 Å². The zero-order valence-electron chi connectivity index (χ0n) is 17.9. The van der Waals surface area contributed by atoms with Gasteiger partial charge in [0.05, 0.1) is 25.3 Å². The van der Waals surface area contributed by atoms with E-state index in [2.05, 4.69) is 25.3 Å². The summed E-state index contributed by atoms with van der Waals surface area (Å²) in [6.45, 7) is 0. The van der Waals surface area contributed by atoms with Crippen molar-refractivity contribution in [2.45, 2.75) is 0 Å². The first kappa shape index (κ1) is 21.0. The van der Waals surface area contributed by atoms with E-state index >= 15 is 0 Å². The molecule has 0 atom stereocenters. The molecule has 0 saturated heterocycles. The van der Waals surface area contributed by atoms with Gasteiger partial charge in [-0.05, 0) is 29.8 Å². The Morgan fingerprint density at radius 1 is 1.12 bits per heavy atom. The van der Waals surface area contributed by atoms with Crippen LogP contribution in [0.2, 0.25) is 0 Å². The van der Waals surface area contributed by atoms with Crippen LogP contribution in [0.1, 0.15) is 10.4 Å². The molecular weight excluding hydrogens is 415 g/mol. The monoisotopic (exact) mass is 436 g/mol. The highest BCUT2D eigenvalue weighted by Gasteiger charge is 2.18. The normalized spacial score (nSPS) is 10.8. The van der Waals surface area contributed by atoms with Crippen LogP contribution in [0.5, 0.6) is 11.6 Å². The largest absolute Gasteiger partial charge is 0.495 e. The Kier molecular flexibility index (Phi) is 5.59. The minimum Gasteiger partial charge on any atom is -0.495 e. The molecule has 0 fully saturated rings. The van der Waals surface area contributed by atoms with Gasteiger partial charge in [-0.25, -0.2) is 4.98 Å². The van der Waals surface area contributed by atoms with Gasteiger partial charge in [0.1, 0.15) is 11.4 Å². The number of rotatable bonds is 6. The van der Waals surface area contributed by atoms with Gasteiger partial charge < -0.3 is 24.7 Å². The molecule has 0 radical (unpaired) electrons. The molecule has 0 saturated carbocycles. The van der Waals surface area contributed by atoms with Crippen molar-refractivity contribution in [2.24, 2.45) is 0 Å². The first-order valence-corrected chi connectivity index (χ1v) is 9.63. The second-order valence-corrected chi connectivity index (χ2v) is 7.09. The van der Waals surface area contributed by atoms with Crippen LogP contribution in [-0.4, -0.2) is 59.1 Å². The summed E-state index contributed by atoms with van der Waals surface area (Å²) in [5.41, 5.74) is 2.88. The molecule has 0 aliphatic heterocycles. The van der Waals surface area contributed by atoms with Gasteiger partial charge >= 0.3 is 0 Å². The van der Waals surface area contributed by atoms with E-state index in [4.69, 9.17) is 9.47 Å². The summed E-state index contributed by atoms with van der Waals surface area (Å²) in [6, 6.07) is 8.07. The van der Waals surface area contributed by atoms with Crippen LogP contribution in [0.4, 0.5) is 16.0 Å². The highest BCUT2D eigenvalue weighted by Crippen LogP contribution is 2.35. The van der Waals surface area contributed by atoms with Crippen molar-refractivity contribution in [1.29, 1.82) is 0 Å². The summed E-state index contributed by atoms with van der Waals surface area (Å²) < 4.78 is 24.5. The van der Waals surface area contributed by atoms with E-state index in [1.165, 1.54) is 31.4 Å². The van der Waals surface area contributed by atoms with Crippen LogP contribution < -0.4 is 14.8 Å². The van der Waals surface area contributed by atoms with Crippen molar-refractivity contribution in [3.8, 4) is 22.8 Å². The highest BCUT2D eigenvalue weighted by molar-refractivity contribution is 5.98. The Morgan fingerprint density at radius 2 is 1.94 bits per heavy atom. The first-order valence-electron chi connectivity index (χ1n) is 9.63. The Hall–Kier alpha value is -4.21. The smallest absolute Gasteiger partial charge is 0.253 e. The SMILES string of the molecule is COc1cc(C(=O)N(C)C)ccc1Nc1nc(OC)c2c(-c3ccnc(F)c3)c[nH]c2n1. The van der Waals surface area contributed by atoms with Gasteiger partial charge in [-0.1, -0.05) is 0 Å². The molecule has 0 aliphatic carbocycles. The van der Waals surface area contributed by atoms with Gasteiger partial charge in [0.25, 0.3) is 5.91 Å². The molecule has 1 amide bonds. The predicted octanol–water partition coefficient (Wildman–Crippen LogP) is 3.62. The Balaban J connectivity index is 1.73. The molecule has 2 N–H and O–H groups in total. The number of methoxy groups -OCH3 is 2. The molecule has 3 heterocycles. The van der Waals surface area contributed by atoms with Crippen molar-refractivity contribution < 1.29 is 18.7 Å². The number of anilines is 2. The lowest BCUT2D eigenvalue weighted by Gasteiger charge is -2.14. The maximum absolute atomic E-state index is 13.6. The number of carbonyl (C=O) groups excluding carboxylic acids is 1. The van der Waals surface area contributed by atoms with E-state index < -0.39 is 5.95 Å². The lowest BCUT2D eigenvalue weighted by Crippen LogP contribution is -2.21. The van der Waals surface area contributed by atoms with E-state index in [0.29, 0.717) is 45.0 Å². The third-order valence-corrected chi connectivity index (χ3v) is 4.83. The molecule has 10 heteroatoms. The van der Waals surface area contributed by atoms with Crippen LogP contribution in [0.15, 0.2) is 42.7 Å². The third kappa shape index (κ3) is 3.89.